The summed E-state index contributed by atoms with van der Waals surface area (Å²) in [5, 5.41) is 3.44. The van der Waals surface area contributed by atoms with Crippen LogP contribution in [0.2, 0.25) is 0 Å². The number of nitrogens with one attached hydrogen (secondary N) is 1. The number of aromatic nitrogens is 1. The van der Waals surface area contributed by atoms with E-state index in [1.54, 1.807) is 6.92 Å². The first-order chi connectivity index (χ1) is 6.17. The predicted molar refractivity (Wildman–Crippen MR) is 48.7 cm³/mol. The van der Waals surface area contributed by atoms with Gasteiger partial charge in [0.2, 0.25) is 0 Å². The summed E-state index contributed by atoms with van der Waals surface area (Å²) in [5.74, 6) is 0. The second kappa shape index (κ2) is 3.99. The molecule has 0 unspecified atom stereocenters. The summed E-state index contributed by atoms with van der Waals surface area (Å²) in [5.41, 5.74) is 0. The molecule has 13 heavy (non-hydrogen) atoms. The summed E-state index contributed by atoms with van der Waals surface area (Å²) in [6.07, 6.45) is 4.17. The van der Waals surface area contributed by atoms with Crippen LogP contribution in [0.4, 0.5) is 0 Å². The Bertz CT molecular complexity index is 385. The Labute approximate surface area is 76.6 Å². The molecule has 1 N–H and O–H groups in total. The molecule has 0 aromatic carbocycles. The molecule has 1 aromatic rings. The molecule has 0 saturated carbocycles. The Morgan fingerprint density at radius 3 is 2.62 bits per heavy atom. The molecule has 0 bridgehead atoms. The molecule has 6 heteroatoms. The van der Waals surface area contributed by atoms with Crippen molar-refractivity contribution in [3.8, 4) is 0 Å². The van der Waals surface area contributed by atoms with Crippen molar-refractivity contribution < 1.29 is 8.42 Å². The molecule has 0 aliphatic heterocycles. The van der Waals surface area contributed by atoms with Gasteiger partial charge >= 0.3 is 0 Å². The zero-order valence-electron chi connectivity index (χ0n) is 7.01. The first-order valence-corrected chi connectivity index (χ1v) is 5.04. The number of hydrogen-bond acceptors (Lipinski definition) is 4. The SMILES string of the molecule is CC=NNS(=O)(=O)c1ccncc1. The van der Waals surface area contributed by atoms with Crippen molar-refractivity contribution >= 4 is 16.2 Å². The largest absolute Gasteiger partial charge is 0.276 e. The lowest BCUT2D eigenvalue weighted by Crippen LogP contribution is -2.17. The highest BCUT2D eigenvalue weighted by atomic mass is 32.2. The molecule has 1 aromatic heterocycles. The number of hydrogen-bond donors (Lipinski definition) is 1. The summed E-state index contributed by atoms with van der Waals surface area (Å²) in [6.45, 7) is 1.62. The van der Waals surface area contributed by atoms with Crippen LogP contribution in [0.5, 0.6) is 0 Å². The summed E-state index contributed by atoms with van der Waals surface area (Å²) in [7, 11) is -3.51. The number of nitrogens with zero attached hydrogens (tertiary/aromatic N) is 2. The maximum Gasteiger partial charge on any atom is 0.276 e. The van der Waals surface area contributed by atoms with Gasteiger partial charge in [0.25, 0.3) is 10.0 Å². The van der Waals surface area contributed by atoms with Crippen molar-refractivity contribution in [1.82, 2.24) is 9.82 Å². The van der Waals surface area contributed by atoms with E-state index < -0.39 is 10.0 Å². The second-order valence-corrected chi connectivity index (χ2v) is 3.83. The first-order valence-electron chi connectivity index (χ1n) is 3.56. The topological polar surface area (TPSA) is 71.4 Å². The lowest BCUT2D eigenvalue weighted by atomic mass is 10.5. The highest BCUT2D eigenvalue weighted by Gasteiger charge is 2.10. The van der Waals surface area contributed by atoms with Gasteiger partial charge in [-0.15, -0.1) is 0 Å². The van der Waals surface area contributed by atoms with Crippen LogP contribution in [0.3, 0.4) is 0 Å². The van der Waals surface area contributed by atoms with Gasteiger partial charge in [-0.05, 0) is 19.1 Å². The fourth-order valence-electron chi connectivity index (χ4n) is 0.692. The van der Waals surface area contributed by atoms with E-state index in [1.807, 2.05) is 4.83 Å². The predicted octanol–water partition coefficient (Wildman–Crippen LogP) is 0.366. The molecule has 0 amide bonds. The van der Waals surface area contributed by atoms with Gasteiger partial charge in [0.1, 0.15) is 0 Å². The van der Waals surface area contributed by atoms with Crippen molar-refractivity contribution in [2.75, 3.05) is 0 Å². The molecule has 0 atom stereocenters. The minimum atomic E-state index is -3.51. The van der Waals surface area contributed by atoms with E-state index in [9.17, 15) is 8.42 Å². The molecule has 0 aliphatic rings. The Morgan fingerprint density at radius 1 is 1.46 bits per heavy atom. The summed E-state index contributed by atoms with van der Waals surface area (Å²) in [6, 6.07) is 2.79. The summed E-state index contributed by atoms with van der Waals surface area (Å²) < 4.78 is 22.7. The van der Waals surface area contributed by atoms with Crippen LogP contribution >= 0.6 is 0 Å². The van der Waals surface area contributed by atoms with Crippen molar-refractivity contribution in [1.29, 1.82) is 0 Å². The zero-order chi connectivity index (χ0) is 9.73. The van der Waals surface area contributed by atoms with Crippen molar-refractivity contribution in [3.63, 3.8) is 0 Å². The minimum Gasteiger partial charge on any atom is -0.265 e. The van der Waals surface area contributed by atoms with Crippen molar-refractivity contribution in [3.05, 3.63) is 24.5 Å². The number of sulfonamides is 1. The van der Waals surface area contributed by atoms with E-state index >= 15 is 0 Å². The smallest absolute Gasteiger partial charge is 0.265 e. The highest BCUT2D eigenvalue weighted by molar-refractivity contribution is 7.89. The van der Waals surface area contributed by atoms with Crippen molar-refractivity contribution in [2.45, 2.75) is 11.8 Å². The molecule has 0 aliphatic carbocycles. The number of hydrazone groups is 1. The Balaban J connectivity index is 2.95. The molecule has 1 heterocycles. The van der Waals surface area contributed by atoms with Crippen LogP contribution in [-0.4, -0.2) is 19.6 Å². The minimum absolute atomic E-state index is 0.146. The first kappa shape index (κ1) is 9.66. The molecule has 0 spiro atoms. The van der Waals surface area contributed by atoms with Gasteiger partial charge in [-0.25, -0.2) is 4.83 Å². The van der Waals surface area contributed by atoms with Crippen molar-refractivity contribution in [2.24, 2.45) is 5.10 Å². The van der Waals surface area contributed by atoms with E-state index in [1.165, 1.54) is 30.7 Å². The van der Waals surface area contributed by atoms with Gasteiger partial charge in [-0.1, -0.05) is 0 Å². The normalized spacial score (nSPS) is 11.8. The van der Waals surface area contributed by atoms with Crippen LogP contribution in [0, 0.1) is 0 Å². The number of pyridine rings is 1. The second-order valence-electron chi connectivity index (χ2n) is 2.16. The van der Waals surface area contributed by atoms with Gasteiger partial charge in [-0.3, -0.25) is 4.98 Å². The highest BCUT2D eigenvalue weighted by Crippen LogP contribution is 2.04. The summed E-state index contributed by atoms with van der Waals surface area (Å²) in [4.78, 5) is 5.89. The van der Waals surface area contributed by atoms with E-state index in [0.29, 0.717) is 0 Å². The average Bonchev–Trinajstić information content (AvgIpc) is 2.16. The fourth-order valence-corrected chi connectivity index (χ4v) is 1.52. The molecular weight excluding hydrogens is 190 g/mol. The third-order valence-corrected chi connectivity index (χ3v) is 2.50. The molecule has 0 fully saturated rings. The van der Waals surface area contributed by atoms with Gasteiger partial charge in [0, 0.05) is 18.6 Å². The quantitative estimate of drug-likeness (QED) is 0.564. The van der Waals surface area contributed by atoms with Gasteiger partial charge in [-0.2, -0.15) is 13.5 Å². The Kier molecular flexibility index (Phi) is 2.97. The van der Waals surface area contributed by atoms with E-state index in [4.69, 9.17) is 0 Å². The standard InChI is InChI=1S/C7H9N3O2S/c1-2-9-10-13(11,12)7-3-5-8-6-4-7/h2-6,10H,1H3. The van der Waals surface area contributed by atoms with Crippen LogP contribution < -0.4 is 4.83 Å². The third-order valence-electron chi connectivity index (χ3n) is 1.26. The van der Waals surface area contributed by atoms with E-state index in [2.05, 4.69) is 10.1 Å². The zero-order valence-corrected chi connectivity index (χ0v) is 7.82. The van der Waals surface area contributed by atoms with Crippen LogP contribution in [0.15, 0.2) is 34.5 Å². The van der Waals surface area contributed by atoms with E-state index in [-0.39, 0.29) is 4.90 Å². The lowest BCUT2D eigenvalue weighted by molar-refractivity contribution is 0.584. The van der Waals surface area contributed by atoms with Crippen LogP contribution in [-0.2, 0) is 10.0 Å². The lowest BCUT2D eigenvalue weighted by Gasteiger charge is -2.00. The molecule has 0 saturated heterocycles. The molecule has 5 nitrogen and oxygen atoms in total. The Hall–Kier alpha value is -1.43. The average molecular weight is 199 g/mol. The fraction of sp³-hybridized carbons (Fsp3) is 0.143. The number of rotatable bonds is 3. The van der Waals surface area contributed by atoms with E-state index in [0.717, 1.165) is 0 Å². The van der Waals surface area contributed by atoms with Gasteiger partial charge in [0.05, 0.1) is 4.90 Å². The molecule has 1 rings (SSSR count). The summed E-state index contributed by atoms with van der Waals surface area (Å²) >= 11 is 0. The third kappa shape index (κ3) is 2.51. The maximum absolute atomic E-state index is 11.3. The van der Waals surface area contributed by atoms with Crippen LogP contribution in [0.1, 0.15) is 6.92 Å². The molecular formula is C7H9N3O2S. The van der Waals surface area contributed by atoms with Gasteiger partial charge in [0.15, 0.2) is 0 Å². The maximum atomic E-state index is 11.3. The molecule has 70 valence electrons. The van der Waals surface area contributed by atoms with Gasteiger partial charge < -0.3 is 0 Å². The Morgan fingerprint density at radius 2 is 2.08 bits per heavy atom. The molecule has 0 radical (unpaired) electrons. The monoisotopic (exact) mass is 199 g/mol. The van der Waals surface area contributed by atoms with Crippen LogP contribution in [0.25, 0.3) is 0 Å².